The second kappa shape index (κ2) is 9.01. The van der Waals surface area contributed by atoms with Crippen molar-refractivity contribution in [1.29, 1.82) is 0 Å². The Morgan fingerprint density at radius 1 is 1.03 bits per heavy atom. The smallest absolute Gasteiger partial charge is 0.410 e. The average molecular weight is 449 g/mol. The molecule has 1 saturated heterocycles. The van der Waals surface area contributed by atoms with Crippen LogP contribution in [0.2, 0.25) is 0 Å². The molecule has 1 fully saturated rings. The fourth-order valence-corrected chi connectivity index (χ4v) is 3.72. The monoisotopic (exact) mass is 448 g/mol. The summed E-state index contributed by atoms with van der Waals surface area (Å²) in [5, 5.41) is 8.26. The van der Waals surface area contributed by atoms with Crippen LogP contribution in [0.15, 0.2) is 55.0 Å². The van der Waals surface area contributed by atoms with Crippen molar-refractivity contribution in [1.82, 2.24) is 29.8 Å². The summed E-state index contributed by atoms with van der Waals surface area (Å²) in [4.78, 5) is 33.6. The van der Waals surface area contributed by atoms with Crippen molar-refractivity contribution in [2.45, 2.75) is 39.3 Å². The molecule has 0 spiro atoms. The summed E-state index contributed by atoms with van der Waals surface area (Å²) in [7, 11) is 0. The van der Waals surface area contributed by atoms with E-state index in [0.29, 0.717) is 19.6 Å². The third-order valence-electron chi connectivity index (χ3n) is 5.39. The van der Waals surface area contributed by atoms with Gasteiger partial charge in [0, 0.05) is 32.0 Å². The van der Waals surface area contributed by atoms with Crippen LogP contribution in [-0.4, -0.2) is 67.0 Å². The summed E-state index contributed by atoms with van der Waals surface area (Å²) in [5.41, 5.74) is 2.51. The molecule has 0 N–H and O–H groups in total. The topological polar surface area (TPSA) is 93.5 Å². The molecule has 0 saturated carbocycles. The molecular weight excluding hydrogens is 420 g/mol. The molecule has 1 aromatic carbocycles. The molecule has 0 bridgehead atoms. The third kappa shape index (κ3) is 5.19. The first kappa shape index (κ1) is 22.4. The first-order chi connectivity index (χ1) is 15.7. The van der Waals surface area contributed by atoms with Gasteiger partial charge < -0.3 is 14.5 Å². The van der Waals surface area contributed by atoms with E-state index in [1.807, 2.05) is 64.1 Å². The fourth-order valence-electron chi connectivity index (χ4n) is 3.72. The van der Waals surface area contributed by atoms with Gasteiger partial charge in [-0.15, -0.1) is 5.10 Å². The first-order valence-electron chi connectivity index (χ1n) is 10.9. The predicted molar refractivity (Wildman–Crippen MR) is 122 cm³/mol. The van der Waals surface area contributed by atoms with Gasteiger partial charge in [0.05, 0.1) is 17.9 Å². The van der Waals surface area contributed by atoms with Gasteiger partial charge in [0.25, 0.3) is 5.91 Å². The lowest BCUT2D eigenvalue weighted by molar-refractivity contribution is 0.00395. The number of pyridine rings is 1. The summed E-state index contributed by atoms with van der Waals surface area (Å²) in [6, 6.07) is 11.2. The second-order valence-electron chi connectivity index (χ2n) is 9.11. The summed E-state index contributed by atoms with van der Waals surface area (Å²) >= 11 is 0. The zero-order chi connectivity index (χ0) is 23.6. The molecule has 172 valence electrons. The molecule has 3 heterocycles. The van der Waals surface area contributed by atoms with E-state index in [0.717, 1.165) is 16.8 Å². The molecule has 0 aliphatic carbocycles. The Morgan fingerprint density at radius 2 is 1.73 bits per heavy atom. The van der Waals surface area contributed by atoms with Crippen LogP contribution in [0.25, 0.3) is 5.69 Å². The maximum Gasteiger partial charge on any atom is 0.410 e. The minimum atomic E-state index is -0.593. The van der Waals surface area contributed by atoms with Crippen molar-refractivity contribution in [3.05, 3.63) is 71.8 Å². The lowest BCUT2D eigenvalue weighted by Gasteiger charge is -2.41. The maximum atomic E-state index is 13.4. The molecule has 9 nitrogen and oxygen atoms in total. The van der Waals surface area contributed by atoms with E-state index >= 15 is 0 Å². The summed E-state index contributed by atoms with van der Waals surface area (Å²) in [5.74, 6) is -0.237. The second-order valence-corrected chi connectivity index (χ2v) is 9.11. The van der Waals surface area contributed by atoms with Gasteiger partial charge in [0.15, 0.2) is 5.69 Å². The number of aryl methyl sites for hydroxylation is 1. The molecule has 9 heteroatoms. The van der Waals surface area contributed by atoms with Crippen LogP contribution >= 0.6 is 0 Å². The Hall–Kier alpha value is -3.75. The van der Waals surface area contributed by atoms with E-state index < -0.39 is 5.60 Å². The van der Waals surface area contributed by atoms with Crippen LogP contribution in [0.3, 0.4) is 0 Å². The summed E-state index contributed by atoms with van der Waals surface area (Å²) < 4.78 is 7.14. The van der Waals surface area contributed by atoms with Crippen LogP contribution in [0.1, 0.15) is 48.4 Å². The van der Waals surface area contributed by atoms with Gasteiger partial charge in [0.1, 0.15) is 5.60 Å². The Kier molecular flexibility index (Phi) is 6.13. The summed E-state index contributed by atoms with van der Waals surface area (Å²) in [6.07, 6.45) is 4.60. The Labute approximate surface area is 193 Å². The number of hydrogen-bond acceptors (Lipinski definition) is 6. The molecule has 2 amide bonds. The van der Waals surface area contributed by atoms with Crippen molar-refractivity contribution in [3.8, 4) is 5.69 Å². The van der Waals surface area contributed by atoms with Gasteiger partial charge in [0.2, 0.25) is 0 Å². The molecule has 0 radical (unpaired) electrons. The number of aromatic nitrogens is 4. The van der Waals surface area contributed by atoms with Crippen molar-refractivity contribution >= 4 is 12.0 Å². The van der Waals surface area contributed by atoms with Gasteiger partial charge in [-0.25, -0.2) is 9.48 Å². The lowest BCUT2D eigenvalue weighted by Crippen LogP contribution is -2.53. The number of amides is 2. The Bertz CT molecular complexity index is 1120. The van der Waals surface area contributed by atoms with Crippen molar-refractivity contribution in [2.24, 2.45) is 0 Å². The van der Waals surface area contributed by atoms with Crippen molar-refractivity contribution in [2.75, 3.05) is 19.6 Å². The van der Waals surface area contributed by atoms with Crippen molar-refractivity contribution < 1.29 is 14.3 Å². The molecule has 3 aromatic rings. The van der Waals surface area contributed by atoms with E-state index in [2.05, 4.69) is 15.3 Å². The highest BCUT2D eigenvalue weighted by atomic mass is 16.6. The molecule has 1 aliphatic rings. The SMILES string of the molecule is Cc1ccc(-n2cc(C(=O)N3CCN(C(=O)OC(C)(C)C)C[C@H]3c3ccncc3)nn2)cc1. The number of piperazine rings is 1. The highest BCUT2D eigenvalue weighted by Gasteiger charge is 2.36. The minimum absolute atomic E-state index is 0.237. The molecular formula is C24H28N6O3. The average Bonchev–Trinajstić information content (AvgIpc) is 3.28. The lowest BCUT2D eigenvalue weighted by atomic mass is 10.0. The molecule has 1 atom stereocenters. The van der Waals surface area contributed by atoms with Crippen LogP contribution in [-0.2, 0) is 4.74 Å². The number of hydrogen-bond donors (Lipinski definition) is 0. The number of carbonyl (C=O) groups is 2. The number of benzene rings is 1. The first-order valence-corrected chi connectivity index (χ1v) is 10.9. The highest BCUT2D eigenvalue weighted by Crippen LogP contribution is 2.27. The zero-order valence-corrected chi connectivity index (χ0v) is 19.3. The number of carbonyl (C=O) groups excluding carboxylic acids is 2. The van der Waals surface area contributed by atoms with E-state index in [1.165, 1.54) is 0 Å². The van der Waals surface area contributed by atoms with Crippen LogP contribution in [0, 0.1) is 6.92 Å². The largest absolute Gasteiger partial charge is 0.444 e. The van der Waals surface area contributed by atoms with Gasteiger partial charge in [-0.05, 0) is 57.5 Å². The zero-order valence-electron chi connectivity index (χ0n) is 19.3. The molecule has 33 heavy (non-hydrogen) atoms. The number of nitrogens with zero attached hydrogens (tertiary/aromatic N) is 6. The Morgan fingerprint density at radius 3 is 2.39 bits per heavy atom. The van der Waals surface area contributed by atoms with Gasteiger partial charge in [-0.1, -0.05) is 22.9 Å². The highest BCUT2D eigenvalue weighted by molar-refractivity contribution is 5.92. The molecule has 4 rings (SSSR count). The van der Waals surface area contributed by atoms with E-state index in [4.69, 9.17) is 4.74 Å². The number of rotatable bonds is 3. The minimum Gasteiger partial charge on any atom is -0.444 e. The van der Waals surface area contributed by atoms with E-state index in [9.17, 15) is 9.59 Å². The van der Waals surface area contributed by atoms with Gasteiger partial charge in [-0.2, -0.15) is 0 Å². The predicted octanol–water partition coefficient (Wildman–Crippen LogP) is 3.40. The van der Waals surface area contributed by atoms with Gasteiger partial charge in [-0.3, -0.25) is 9.78 Å². The molecule has 1 aliphatic heterocycles. The normalized spacial score (nSPS) is 16.5. The van der Waals surface area contributed by atoms with Gasteiger partial charge >= 0.3 is 6.09 Å². The van der Waals surface area contributed by atoms with Crippen LogP contribution in [0.4, 0.5) is 4.79 Å². The standard InChI is InChI=1S/C24H28N6O3/c1-17-5-7-19(8-6-17)30-15-20(26-27-30)22(31)29-14-13-28(23(32)33-24(2,3)4)16-21(29)18-9-11-25-12-10-18/h5-12,15,21H,13-14,16H2,1-4H3/t21-/m0/s1. The van der Waals surface area contributed by atoms with Crippen molar-refractivity contribution in [3.63, 3.8) is 0 Å². The number of ether oxygens (including phenoxy) is 1. The fraction of sp³-hybridized carbons (Fsp3) is 0.375. The summed E-state index contributed by atoms with van der Waals surface area (Å²) in [6.45, 7) is 8.55. The third-order valence-corrected chi connectivity index (χ3v) is 5.39. The molecule has 0 unspecified atom stereocenters. The van der Waals surface area contributed by atoms with E-state index in [1.54, 1.807) is 33.1 Å². The Balaban J connectivity index is 1.57. The maximum absolute atomic E-state index is 13.4. The van der Waals surface area contributed by atoms with Crippen LogP contribution < -0.4 is 0 Å². The quantitative estimate of drug-likeness (QED) is 0.610. The van der Waals surface area contributed by atoms with Crippen LogP contribution in [0.5, 0.6) is 0 Å². The van der Waals surface area contributed by atoms with E-state index in [-0.39, 0.29) is 23.7 Å². The molecule has 2 aromatic heterocycles.